The smallest absolute Gasteiger partial charge is 0.407 e. The Labute approximate surface area is 178 Å². The van der Waals surface area contributed by atoms with E-state index in [0.717, 1.165) is 6.26 Å². The highest BCUT2D eigenvalue weighted by atomic mass is 32.2. The van der Waals surface area contributed by atoms with Crippen LogP contribution in [0.4, 0.5) is 4.79 Å². The average Bonchev–Trinajstić information content (AvgIpc) is 2.66. The standard InChI is InChI=1S/C18H25N3O9S/c1-11(16(25)19-10-15(23)24)20-17(26)14(9-12-3-5-13(22)6-4-12)21-18(27)30-7-8-31(2,28)29/h3-6,11,14,22H,7-10H2,1-2H3,(H,19,25)(H,20,26)(H,21,27)(H,23,24). The Morgan fingerprint density at radius 2 is 1.68 bits per heavy atom. The highest BCUT2D eigenvalue weighted by molar-refractivity contribution is 7.90. The summed E-state index contributed by atoms with van der Waals surface area (Å²) in [6.07, 6.45) is -0.0892. The minimum atomic E-state index is -3.35. The van der Waals surface area contributed by atoms with E-state index in [1.165, 1.54) is 31.2 Å². The monoisotopic (exact) mass is 459 g/mol. The van der Waals surface area contributed by atoms with Crippen LogP contribution in [0.25, 0.3) is 0 Å². The fourth-order valence-electron chi connectivity index (χ4n) is 2.24. The maximum atomic E-state index is 12.6. The van der Waals surface area contributed by atoms with Gasteiger partial charge in [-0.2, -0.15) is 0 Å². The summed E-state index contributed by atoms with van der Waals surface area (Å²) in [6.45, 7) is 0.296. The van der Waals surface area contributed by atoms with Crippen molar-refractivity contribution in [2.45, 2.75) is 25.4 Å². The number of phenolic OH excluding ortho intramolecular Hbond substituents is 1. The minimum Gasteiger partial charge on any atom is -0.508 e. The minimum absolute atomic E-state index is 0.00150. The van der Waals surface area contributed by atoms with Crippen molar-refractivity contribution in [3.05, 3.63) is 29.8 Å². The zero-order valence-corrected chi connectivity index (χ0v) is 17.8. The Bertz CT molecular complexity index is 900. The van der Waals surface area contributed by atoms with Crippen molar-refractivity contribution in [1.29, 1.82) is 0 Å². The van der Waals surface area contributed by atoms with Crippen molar-refractivity contribution < 1.29 is 42.5 Å². The number of rotatable bonds is 11. The van der Waals surface area contributed by atoms with Crippen molar-refractivity contribution in [3.63, 3.8) is 0 Å². The van der Waals surface area contributed by atoms with Gasteiger partial charge in [-0.25, -0.2) is 13.2 Å². The molecule has 13 heteroatoms. The molecule has 0 heterocycles. The van der Waals surface area contributed by atoms with Crippen LogP contribution < -0.4 is 16.0 Å². The number of carbonyl (C=O) groups excluding carboxylic acids is 3. The Balaban J connectivity index is 2.81. The van der Waals surface area contributed by atoms with Crippen LogP contribution in [-0.2, 0) is 35.4 Å². The van der Waals surface area contributed by atoms with Gasteiger partial charge in [-0.1, -0.05) is 12.1 Å². The van der Waals surface area contributed by atoms with Gasteiger partial charge in [0.15, 0.2) is 9.84 Å². The molecular weight excluding hydrogens is 434 g/mol. The Morgan fingerprint density at radius 1 is 1.06 bits per heavy atom. The molecule has 3 amide bonds. The fraction of sp³-hybridized carbons (Fsp3) is 0.444. The molecule has 0 aliphatic rings. The molecule has 1 rings (SSSR count). The number of carbonyl (C=O) groups is 4. The zero-order valence-electron chi connectivity index (χ0n) is 17.0. The molecule has 0 aromatic heterocycles. The molecule has 2 unspecified atom stereocenters. The number of sulfone groups is 1. The van der Waals surface area contributed by atoms with Gasteiger partial charge in [-0.3, -0.25) is 14.4 Å². The molecule has 0 aliphatic heterocycles. The molecule has 0 fully saturated rings. The number of hydrogen-bond acceptors (Lipinski definition) is 8. The topological polar surface area (TPSA) is 188 Å². The van der Waals surface area contributed by atoms with E-state index >= 15 is 0 Å². The van der Waals surface area contributed by atoms with E-state index in [9.17, 15) is 32.7 Å². The first kappa shape index (κ1) is 25.7. The summed E-state index contributed by atoms with van der Waals surface area (Å²) in [7, 11) is -3.35. The molecule has 12 nitrogen and oxygen atoms in total. The van der Waals surface area contributed by atoms with E-state index < -0.39 is 64.7 Å². The van der Waals surface area contributed by atoms with Crippen LogP contribution in [0.15, 0.2) is 24.3 Å². The molecule has 0 saturated carbocycles. The summed E-state index contributed by atoms with van der Waals surface area (Å²) < 4.78 is 27.0. The Morgan fingerprint density at radius 3 is 2.23 bits per heavy atom. The molecular formula is C18H25N3O9S. The third kappa shape index (κ3) is 10.8. The summed E-state index contributed by atoms with van der Waals surface area (Å²) in [5, 5.41) is 24.8. The lowest BCUT2D eigenvalue weighted by molar-refractivity contribution is -0.138. The highest BCUT2D eigenvalue weighted by Gasteiger charge is 2.25. The van der Waals surface area contributed by atoms with Crippen molar-refractivity contribution in [1.82, 2.24) is 16.0 Å². The third-order valence-electron chi connectivity index (χ3n) is 3.84. The average molecular weight is 459 g/mol. The van der Waals surface area contributed by atoms with Crippen molar-refractivity contribution in [2.75, 3.05) is 25.2 Å². The van der Waals surface area contributed by atoms with Crippen LogP contribution in [0.1, 0.15) is 12.5 Å². The fourth-order valence-corrected chi connectivity index (χ4v) is 2.63. The maximum absolute atomic E-state index is 12.6. The second-order valence-electron chi connectivity index (χ2n) is 6.68. The number of alkyl carbamates (subject to hydrolysis) is 1. The van der Waals surface area contributed by atoms with Crippen LogP contribution >= 0.6 is 0 Å². The largest absolute Gasteiger partial charge is 0.508 e. The Kier molecular flexibility index (Phi) is 9.73. The molecule has 172 valence electrons. The van der Waals surface area contributed by atoms with Crippen LogP contribution in [0.2, 0.25) is 0 Å². The van der Waals surface area contributed by atoms with Gasteiger partial charge in [0.25, 0.3) is 0 Å². The molecule has 5 N–H and O–H groups in total. The first-order chi connectivity index (χ1) is 14.4. The highest BCUT2D eigenvalue weighted by Crippen LogP contribution is 2.11. The molecule has 0 bridgehead atoms. The lowest BCUT2D eigenvalue weighted by Gasteiger charge is -2.21. The van der Waals surface area contributed by atoms with Gasteiger partial charge < -0.3 is 30.9 Å². The predicted octanol–water partition coefficient (Wildman–Crippen LogP) is -1.22. The molecule has 0 spiro atoms. The van der Waals surface area contributed by atoms with Gasteiger partial charge in [-0.15, -0.1) is 0 Å². The van der Waals surface area contributed by atoms with E-state index in [4.69, 9.17) is 9.84 Å². The van der Waals surface area contributed by atoms with E-state index in [2.05, 4.69) is 16.0 Å². The normalized spacial score (nSPS) is 12.8. The number of benzene rings is 1. The predicted molar refractivity (Wildman–Crippen MR) is 108 cm³/mol. The quantitative estimate of drug-likeness (QED) is 0.270. The first-order valence-electron chi connectivity index (χ1n) is 9.06. The van der Waals surface area contributed by atoms with Crippen LogP contribution in [0.3, 0.4) is 0 Å². The van der Waals surface area contributed by atoms with Gasteiger partial charge in [0.1, 0.15) is 31.0 Å². The number of aromatic hydroxyl groups is 1. The molecule has 0 aliphatic carbocycles. The van der Waals surface area contributed by atoms with Crippen LogP contribution in [-0.4, -0.2) is 79.8 Å². The summed E-state index contributed by atoms with van der Waals surface area (Å²) in [4.78, 5) is 47.0. The van der Waals surface area contributed by atoms with Crippen molar-refractivity contribution in [2.24, 2.45) is 0 Å². The summed E-state index contributed by atoms with van der Waals surface area (Å²) in [5.41, 5.74) is 0.567. The summed E-state index contributed by atoms with van der Waals surface area (Å²) in [6, 6.07) is 3.51. The molecule has 2 atom stereocenters. The van der Waals surface area contributed by atoms with Gasteiger partial charge in [0.05, 0.1) is 5.75 Å². The van der Waals surface area contributed by atoms with E-state index in [1.807, 2.05) is 0 Å². The number of amides is 3. The second kappa shape index (κ2) is 11.7. The summed E-state index contributed by atoms with van der Waals surface area (Å²) in [5.74, 6) is -3.14. The van der Waals surface area contributed by atoms with Crippen LogP contribution in [0, 0.1) is 0 Å². The van der Waals surface area contributed by atoms with Crippen LogP contribution in [0.5, 0.6) is 5.75 Å². The van der Waals surface area contributed by atoms with Gasteiger partial charge in [0, 0.05) is 12.7 Å². The lowest BCUT2D eigenvalue weighted by Crippen LogP contribution is -2.54. The SMILES string of the molecule is CC(NC(=O)C(Cc1ccc(O)cc1)NC(=O)OCCS(C)(=O)=O)C(=O)NCC(=O)O. The van der Waals surface area contributed by atoms with Gasteiger partial charge >= 0.3 is 12.1 Å². The number of ether oxygens (including phenoxy) is 1. The number of carboxylic acids is 1. The summed E-state index contributed by atoms with van der Waals surface area (Å²) >= 11 is 0. The van der Waals surface area contributed by atoms with Gasteiger partial charge in [0.2, 0.25) is 11.8 Å². The van der Waals surface area contributed by atoms with Crippen molar-refractivity contribution >= 4 is 33.7 Å². The lowest BCUT2D eigenvalue weighted by atomic mass is 10.0. The zero-order chi connectivity index (χ0) is 23.6. The Hall–Kier alpha value is -3.35. The van der Waals surface area contributed by atoms with Crippen molar-refractivity contribution in [3.8, 4) is 5.75 Å². The number of nitrogens with one attached hydrogen (secondary N) is 3. The number of hydrogen-bond donors (Lipinski definition) is 5. The molecule has 0 saturated heterocycles. The molecule has 31 heavy (non-hydrogen) atoms. The molecule has 1 aromatic rings. The van der Waals surface area contributed by atoms with E-state index in [-0.39, 0.29) is 12.2 Å². The van der Waals surface area contributed by atoms with E-state index in [0.29, 0.717) is 5.56 Å². The van der Waals surface area contributed by atoms with Gasteiger partial charge in [-0.05, 0) is 24.6 Å². The third-order valence-corrected chi connectivity index (χ3v) is 4.75. The number of phenols is 1. The first-order valence-corrected chi connectivity index (χ1v) is 11.1. The number of aliphatic carboxylic acids is 1. The molecule has 0 radical (unpaired) electrons. The maximum Gasteiger partial charge on any atom is 0.407 e. The second-order valence-corrected chi connectivity index (χ2v) is 8.93. The molecule has 1 aromatic carbocycles. The number of carboxylic acid groups (broad SMARTS) is 1. The van der Waals surface area contributed by atoms with E-state index in [1.54, 1.807) is 0 Å².